The summed E-state index contributed by atoms with van der Waals surface area (Å²) in [4.78, 5) is 35.2. The zero-order chi connectivity index (χ0) is 19.0. The molecule has 1 aromatic carbocycles. The molecule has 0 spiro atoms. The minimum Gasteiger partial charge on any atom is -0.454 e. The van der Waals surface area contributed by atoms with Crippen LogP contribution in [0.25, 0.3) is 0 Å². The molecule has 0 aliphatic heterocycles. The number of nitrogens with one attached hydrogen (secondary N) is 1. The van der Waals surface area contributed by atoms with Crippen molar-refractivity contribution in [3.63, 3.8) is 0 Å². The van der Waals surface area contributed by atoms with Crippen LogP contribution in [0.3, 0.4) is 0 Å². The van der Waals surface area contributed by atoms with E-state index in [1.165, 1.54) is 0 Å². The fourth-order valence-electron chi connectivity index (χ4n) is 2.09. The lowest BCUT2D eigenvalue weighted by molar-refractivity contribution is -0.149. The second-order valence-corrected chi connectivity index (χ2v) is 7.69. The third-order valence-corrected chi connectivity index (χ3v) is 4.21. The Kier molecular flexibility index (Phi) is 7.96. The maximum Gasteiger partial charge on any atom is 0.329 e. The number of thioether (sulfide) groups is 1. The van der Waals surface area contributed by atoms with Gasteiger partial charge in [-0.1, -0.05) is 32.9 Å². The lowest BCUT2D eigenvalue weighted by Gasteiger charge is -2.20. The zero-order valence-electron chi connectivity index (χ0n) is 15.1. The predicted octanol–water partition coefficient (Wildman–Crippen LogP) is 1.86. The number of primary amides is 1. The van der Waals surface area contributed by atoms with Crippen LogP contribution in [-0.4, -0.2) is 42.4 Å². The van der Waals surface area contributed by atoms with Crippen LogP contribution in [0.4, 0.5) is 0 Å². The first-order valence-corrected chi connectivity index (χ1v) is 9.40. The number of benzene rings is 1. The summed E-state index contributed by atoms with van der Waals surface area (Å²) in [6.45, 7) is 5.78. The van der Waals surface area contributed by atoms with Gasteiger partial charge in [-0.2, -0.15) is 11.8 Å². The Hall–Kier alpha value is -2.02. The van der Waals surface area contributed by atoms with Crippen LogP contribution < -0.4 is 11.1 Å². The fraction of sp³-hybridized carbons (Fsp3) is 0.500. The Morgan fingerprint density at radius 3 is 2.28 bits per heavy atom. The summed E-state index contributed by atoms with van der Waals surface area (Å²) >= 11 is 1.55. The van der Waals surface area contributed by atoms with Crippen LogP contribution >= 0.6 is 11.8 Å². The van der Waals surface area contributed by atoms with E-state index < -0.39 is 24.5 Å². The average molecular weight is 366 g/mol. The minimum absolute atomic E-state index is 0.00550. The van der Waals surface area contributed by atoms with Gasteiger partial charge in [0.1, 0.15) is 6.04 Å². The predicted molar refractivity (Wildman–Crippen MR) is 99.5 cm³/mol. The third-order valence-electron chi connectivity index (χ3n) is 3.57. The largest absolute Gasteiger partial charge is 0.454 e. The van der Waals surface area contributed by atoms with Crippen LogP contribution in [0.1, 0.15) is 43.1 Å². The van der Waals surface area contributed by atoms with Crippen molar-refractivity contribution >= 4 is 29.5 Å². The number of nitrogens with two attached hydrogens (primary N) is 1. The smallest absolute Gasteiger partial charge is 0.329 e. The number of ether oxygens (including phenoxy) is 1. The highest BCUT2D eigenvalue weighted by molar-refractivity contribution is 7.98. The summed E-state index contributed by atoms with van der Waals surface area (Å²) < 4.78 is 4.83. The average Bonchev–Trinajstić information content (AvgIpc) is 2.55. The summed E-state index contributed by atoms with van der Waals surface area (Å²) in [5.41, 5.74) is 6.55. The number of carbonyl (C=O) groups excluding carboxylic acids is 3. The molecule has 3 N–H and O–H groups in total. The molecule has 0 radical (unpaired) electrons. The van der Waals surface area contributed by atoms with Crippen LogP contribution in [0, 0.1) is 0 Å². The Morgan fingerprint density at radius 1 is 1.20 bits per heavy atom. The van der Waals surface area contributed by atoms with Gasteiger partial charge in [0.25, 0.3) is 11.8 Å². The van der Waals surface area contributed by atoms with Gasteiger partial charge in [0.2, 0.25) is 0 Å². The summed E-state index contributed by atoms with van der Waals surface area (Å²) in [6.07, 6.45) is 2.31. The molecule has 0 bridgehead atoms. The van der Waals surface area contributed by atoms with Gasteiger partial charge in [0.15, 0.2) is 6.61 Å². The van der Waals surface area contributed by atoms with Gasteiger partial charge >= 0.3 is 5.97 Å². The van der Waals surface area contributed by atoms with Crippen LogP contribution in [0.15, 0.2) is 24.3 Å². The first-order valence-electron chi connectivity index (χ1n) is 8.00. The second kappa shape index (κ2) is 9.46. The van der Waals surface area contributed by atoms with E-state index in [1.807, 2.05) is 18.4 Å². The molecule has 1 aromatic rings. The lowest BCUT2D eigenvalue weighted by atomic mass is 9.86. The van der Waals surface area contributed by atoms with Gasteiger partial charge in [-0.3, -0.25) is 9.59 Å². The molecule has 138 valence electrons. The van der Waals surface area contributed by atoms with Crippen molar-refractivity contribution in [2.75, 3.05) is 18.6 Å². The van der Waals surface area contributed by atoms with Crippen molar-refractivity contribution in [1.29, 1.82) is 0 Å². The Bertz CT molecular complexity index is 608. The van der Waals surface area contributed by atoms with E-state index in [2.05, 4.69) is 26.1 Å². The topological polar surface area (TPSA) is 98.5 Å². The first-order chi connectivity index (χ1) is 11.6. The highest BCUT2D eigenvalue weighted by Gasteiger charge is 2.23. The molecule has 1 rings (SSSR count). The van der Waals surface area contributed by atoms with E-state index in [0.29, 0.717) is 17.7 Å². The molecule has 2 amide bonds. The third kappa shape index (κ3) is 7.17. The van der Waals surface area contributed by atoms with Crippen LogP contribution in [0.5, 0.6) is 0 Å². The molecule has 0 saturated heterocycles. The monoisotopic (exact) mass is 366 g/mol. The van der Waals surface area contributed by atoms with Crippen molar-refractivity contribution in [3.05, 3.63) is 35.4 Å². The fourth-order valence-corrected chi connectivity index (χ4v) is 2.56. The number of esters is 1. The Labute approximate surface area is 152 Å². The SMILES string of the molecule is CSCC[C@H](NC(=O)c1ccc(C(C)(C)C)cc1)C(=O)OCC(N)=O. The van der Waals surface area contributed by atoms with Gasteiger partial charge in [-0.25, -0.2) is 4.79 Å². The van der Waals surface area contributed by atoms with E-state index in [4.69, 9.17) is 10.5 Å². The van der Waals surface area contributed by atoms with E-state index in [-0.39, 0.29) is 11.3 Å². The molecule has 1 atom stereocenters. The molecule has 0 heterocycles. The van der Waals surface area contributed by atoms with Crippen molar-refractivity contribution in [2.24, 2.45) is 5.73 Å². The van der Waals surface area contributed by atoms with Crippen molar-refractivity contribution in [2.45, 2.75) is 38.6 Å². The molecule has 7 heteroatoms. The standard InChI is InChI=1S/C18H26N2O4S/c1-18(2,3)13-7-5-12(6-8-13)16(22)20-14(9-10-25-4)17(23)24-11-15(19)21/h5-8,14H,9-11H2,1-4H3,(H2,19,21)(H,20,22)/t14-/m0/s1. The van der Waals surface area contributed by atoms with Crippen LogP contribution in [0.2, 0.25) is 0 Å². The molecule has 0 aliphatic carbocycles. The number of hydrogen-bond donors (Lipinski definition) is 2. The quantitative estimate of drug-likeness (QED) is 0.684. The van der Waals surface area contributed by atoms with Crippen molar-refractivity contribution in [3.8, 4) is 0 Å². The first kappa shape index (κ1) is 21.0. The molecule has 0 aromatic heterocycles. The van der Waals surface area contributed by atoms with Crippen molar-refractivity contribution in [1.82, 2.24) is 5.32 Å². The summed E-state index contributed by atoms with van der Waals surface area (Å²) in [6, 6.07) is 6.45. The molecule has 0 saturated carbocycles. The minimum atomic E-state index is -0.818. The molecule has 0 fully saturated rings. The number of hydrogen-bond acceptors (Lipinski definition) is 5. The van der Waals surface area contributed by atoms with Gasteiger partial charge in [-0.15, -0.1) is 0 Å². The van der Waals surface area contributed by atoms with Crippen molar-refractivity contribution < 1.29 is 19.1 Å². The number of carbonyl (C=O) groups is 3. The highest BCUT2D eigenvalue weighted by atomic mass is 32.2. The number of rotatable bonds is 8. The van der Waals surface area contributed by atoms with E-state index in [0.717, 1.165) is 5.56 Å². The maximum absolute atomic E-state index is 12.4. The Morgan fingerprint density at radius 2 is 1.80 bits per heavy atom. The van der Waals surface area contributed by atoms with Crippen LogP contribution in [-0.2, 0) is 19.7 Å². The molecule has 0 aliphatic rings. The van der Waals surface area contributed by atoms with Gasteiger partial charge in [-0.05, 0) is 41.5 Å². The molecule has 25 heavy (non-hydrogen) atoms. The summed E-state index contributed by atoms with van der Waals surface area (Å²) in [7, 11) is 0. The zero-order valence-corrected chi connectivity index (χ0v) is 15.9. The second-order valence-electron chi connectivity index (χ2n) is 6.71. The summed E-state index contributed by atoms with van der Waals surface area (Å²) in [5.74, 6) is -1.09. The Balaban J connectivity index is 2.79. The molecule has 6 nitrogen and oxygen atoms in total. The van der Waals surface area contributed by atoms with Gasteiger partial charge < -0.3 is 15.8 Å². The highest BCUT2D eigenvalue weighted by Crippen LogP contribution is 2.22. The van der Waals surface area contributed by atoms with E-state index in [9.17, 15) is 14.4 Å². The molecular weight excluding hydrogens is 340 g/mol. The number of amides is 2. The molecular formula is C18H26N2O4S. The van der Waals surface area contributed by atoms with E-state index >= 15 is 0 Å². The summed E-state index contributed by atoms with van der Waals surface area (Å²) in [5, 5.41) is 2.67. The van der Waals surface area contributed by atoms with E-state index in [1.54, 1.807) is 23.9 Å². The van der Waals surface area contributed by atoms with Gasteiger partial charge in [0, 0.05) is 5.56 Å². The maximum atomic E-state index is 12.4. The molecule has 0 unspecified atom stereocenters. The normalized spacial score (nSPS) is 12.3. The van der Waals surface area contributed by atoms with Gasteiger partial charge in [0.05, 0.1) is 0 Å². The lowest BCUT2D eigenvalue weighted by Crippen LogP contribution is -2.43.